The number of carbonyl (C=O) groups excluding carboxylic acids is 2. The zero-order valence-electron chi connectivity index (χ0n) is 19.3. The van der Waals surface area contributed by atoms with Crippen molar-refractivity contribution in [3.63, 3.8) is 0 Å². The van der Waals surface area contributed by atoms with Gasteiger partial charge in [0.1, 0.15) is 17.3 Å². The second kappa shape index (κ2) is 9.07. The maximum atomic E-state index is 13.0. The summed E-state index contributed by atoms with van der Waals surface area (Å²) in [5.74, 6) is -0.865. The molecule has 6 nitrogen and oxygen atoms in total. The molecule has 32 heavy (non-hydrogen) atoms. The van der Waals surface area contributed by atoms with Crippen LogP contribution in [0.3, 0.4) is 0 Å². The molecule has 1 aliphatic rings. The van der Waals surface area contributed by atoms with Crippen molar-refractivity contribution >= 4 is 17.4 Å². The van der Waals surface area contributed by atoms with Gasteiger partial charge in [0.25, 0.3) is 11.7 Å². The largest absolute Gasteiger partial charge is 0.508 e. The molecule has 0 radical (unpaired) electrons. The molecule has 0 aromatic heterocycles. The fraction of sp³-hybridized carbons (Fsp3) is 0.385. The van der Waals surface area contributed by atoms with Crippen LogP contribution in [0, 0.1) is 0 Å². The number of aliphatic hydroxyl groups is 1. The molecular formula is C26H31NO5. The number of rotatable bonds is 6. The van der Waals surface area contributed by atoms with Crippen LogP contribution in [-0.2, 0) is 15.0 Å². The Morgan fingerprint density at radius 3 is 2.41 bits per heavy atom. The highest BCUT2D eigenvalue weighted by molar-refractivity contribution is 6.46. The Kier molecular flexibility index (Phi) is 6.63. The minimum atomic E-state index is -0.772. The van der Waals surface area contributed by atoms with Gasteiger partial charge in [-0.05, 0) is 54.7 Å². The van der Waals surface area contributed by atoms with Crippen LogP contribution in [0.4, 0.5) is 0 Å². The Labute approximate surface area is 189 Å². The van der Waals surface area contributed by atoms with E-state index in [2.05, 4.69) is 0 Å². The van der Waals surface area contributed by atoms with Gasteiger partial charge in [0.2, 0.25) is 0 Å². The van der Waals surface area contributed by atoms with Gasteiger partial charge in [-0.25, -0.2) is 0 Å². The first kappa shape index (κ1) is 23.4. The van der Waals surface area contributed by atoms with E-state index in [4.69, 9.17) is 4.74 Å². The number of benzene rings is 2. The summed E-state index contributed by atoms with van der Waals surface area (Å²) < 4.78 is 5.76. The molecule has 2 aromatic rings. The third kappa shape index (κ3) is 4.35. The van der Waals surface area contributed by atoms with Crippen molar-refractivity contribution in [2.75, 3.05) is 13.2 Å². The lowest BCUT2D eigenvalue weighted by molar-refractivity contribution is -0.139. The monoisotopic (exact) mass is 437 g/mol. The van der Waals surface area contributed by atoms with E-state index >= 15 is 0 Å². The maximum Gasteiger partial charge on any atom is 0.295 e. The minimum Gasteiger partial charge on any atom is -0.508 e. The van der Waals surface area contributed by atoms with Crippen molar-refractivity contribution in [2.24, 2.45) is 0 Å². The van der Waals surface area contributed by atoms with E-state index in [1.165, 1.54) is 17.0 Å². The molecule has 1 atom stereocenters. The fourth-order valence-corrected chi connectivity index (χ4v) is 4.09. The number of amides is 1. The summed E-state index contributed by atoms with van der Waals surface area (Å²) in [6.07, 6.45) is 0.652. The van der Waals surface area contributed by atoms with E-state index in [9.17, 15) is 19.8 Å². The Hall–Kier alpha value is -3.28. The molecule has 2 N–H and O–H groups in total. The molecule has 6 heteroatoms. The number of likely N-dealkylation sites (tertiary alicyclic amines) is 1. The van der Waals surface area contributed by atoms with Gasteiger partial charge in [0, 0.05) is 17.7 Å². The Bertz CT molecular complexity index is 1060. The normalized spacial score (nSPS) is 18.3. The summed E-state index contributed by atoms with van der Waals surface area (Å²) >= 11 is 0. The summed E-state index contributed by atoms with van der Waals surface area (Å²) in [6.45, 7) is 10.8. The smallest absolute Gasteiger partial charge is 0.295 e. The Balaban J connectivity index is 2.22. The van der Waals surface area contributed by atoms with Crippen LogP contribution in [0.15, 0.2) is 48.0 Å². The number of hydrogen-bond acceptors (Lipinski definition) is 5. The Morgan fingerprint density at radius 1 is 1.09 bits per heavy atom. The molecule has 0 spiro atoms. The van der Waals surface area contributed by atoms with Crippen LogP contribution in [0.25, 0.3) is 5.76 Å². The molecular weight excluding hydrogens is 406 g/mol. The molecule has 2 aromatic carbocycles. The number of hydrogen-bond donors (Lipinski definition) is 2. The highest BCUT2D eigenvalue weighted by atomic mass is 16.5. The van der Waals surface area contributed by atoms with Crippen LogP contribution in [0.2, 0.25) is 0 Å². The van der Waals surface area contributed by atoms with Crippen molar-refractivity contribution < 1.29 is 24.5 Å². The summed E-state index contributed by atoms with van der Waals surface area (Å²) in [5.41, 5.74) is 1.66. The predicted molar refractivity (Wildman–Crippen MR) is 124 cm³/mol. The minimum absolute atomic E-state index is 0.0260. The Morgan fingerprint density at radius 2 is 1.81 bits per heavy atom. The summed E-state index contributed by atoms with van der Waals surface area (Å²) in [7, 11) is 0. The molecule has 170 valence electrons. The zero-order chi connectivity index (χ0) is 23.6. The van der Waals surface area contributed by atoms with Crippen molar-refractivity contribution in [1.29, 1.82) is 0 Å². The number of carbonyl (C=O) groups is 2. The lowest BCUT2D eigenvalue weighted by Crippen LogP contribution is -2.30. The zero-order valence-corrected chi connectivity index (χ0v) is 19.3. The van der Waals surface area contributed by atoms with Gasteiger partial charge >= 0.3 is 0 Å². The van der Waals surface area contributed by atoms with E-state index < -0.39 is 17.7 Å². The average Bonchev–Trinajstić information content (AvgIpc) is 2.98. The first-order chi connectivity index (χ1) is 15.1. The second-order valence-corrected chi connectivity index (χ2v) is 8.98. The summed E-state index contributed by atoms with van der Waals surface area (Å²) in [6, 6.07) is 11.0. The SMILES string of the molecule is CCCN1C(=O)C(=O)/C(=C(\O)c2ccc(OCC)c(C(C)(C)C)c2)C1c1cccc(O)c1. The third-order valence-electron chi connectivity index (χ3n) is 5.55. The first-order valence-electron chi connectivity index (χ1n) is 10.9. The number of aromatic hydroxyl groups is 1. The summed E-state index contributed by atoms with van der Waals surface area (Å²) in [4.78, 5) is 27.3. The van der Waals surface area contributed by atoms with Gasteiger partial charge in [-0.15, -0.1) is 0 Å². The van der Waals surface area contributed by atoms with Crippen LogP contribution < -0.4 is 4.74 Å². The van der Waals surface area contributed by atoms with Crippen LogP contribution >= 0.6 is 0 Å². The number of ether oxygens (including phenoxy) is 1. The van der Waals surface area contributed by atoms with Gasteiger partial charge in [-0.2, -0.15) is 0 Å². The van der Waals surface area contributed by atoms with Gasteiger partial charge in [0.15, 0.2) is 0 Å². The molecule has 1 unspecified atom stereocenters. The molecule has 3 rings (SSSR count). The van der Waals surface area contributed by atoms with Crippen LogP contribution in [0.5, 0.6) is 11.5 Å². The van der Waals surface area contributed by atoms with E-state index in [-0.39, 0.29) is 22.5 Å². The molecule has 0 aliphatic carbocycles. The number of phenols is 1. The molecule has 1 amide bonds. The number of aliphatic hydroxyl groups excluding tert-OH is 1. The van der Waals surface area contributed by atoms with E-state index in [0.29, 0.717) is 36.4 Å². The number of Topliss-reactive ketones (excluding diaryl/α,β-unsaturated/α-hetero) is 1. The third-order valence-corrected chi connectivity index (χ3v) is 5.55. The first-order valence-corrected chi connectivity index (χ1v) is 10.9. The van der Waals surface area contributed by atoms with Crippen molar-refractivity contribution in [2.45, 2.75) is 52.5 Å². The number of phenolic OH excluding ortho intramolecular Hbond substituents is 1. The molecule has 1 saturated heterocycles. The van der Waals surface area contributed by atoms with Crippen molar-refractivity contribution in [3.8, 4) is 11.5 Å². The fourth-order valence-electron chi connectivity index (χ4n) is 4.09. The highest BCUT2D eigenvalue weighted by Crippen LogP contribution is 2.41. The van der Waals surface area contributed by atoms with Crippen LogP contribution in [0.1, 0.15) is 63.8 Å². The standard InChI is InChI=1S/C26H31NO5/c1-6-13-27-22(16-9-8-10-18(28)14-16)21(24(30)25(27)31)23(29)17-11-12-20(32-7-2)19(15-17)26(3,4)5/h8-12,14-15,22,28-29H,6-7,13H2,1-5H3/b23-21-. The highest BCUT2D eigenvalue weighted by Gasteiger charge is 2.45. The van der Waals surface area contributed by atoms with E-state index in [1.807, 2.05) is 40.7 Å². The molecule has 1 fully saturated rings. The van der Waals surface area contributed by atoms with Crippen molar-refractivity contribution in [1.82, 2.24) is 4.90 Å². The molecule has 0 bridgehead atoms. The van der Waals surface area contributed by atoms with Gasteiger partial charge in [-0.1, -0.05) is 39.8 Å². The quantitative estimate of drug-likeness (QED) is 0.381. The van der Waals surface area contributed by atoms with Crippen molar-refractivity contribution in [3.05, 3.63) is 64.7 Å². The number of nitrogens with zero attached hydrogens (tertiary/aromatic N) is 1. The van der Waals surface area contributed by atoms with Crippen LogP contribution in [-0.4, -0.2) is 40.0 Å². The molecule has 1 aliphatic heterocycles. The van der Waals surface area contributed by atoms with Gasteiger partial charge < -0.3 is 19.8 Å². The topological polar surface area (TPSA) is 87.1 Å². The average molecular weight is 438 g/mol. The van der Waals surface area contributed by atoms with Gasteiger partial charge in [0.05, 0.1) is 18.2 Å². The maximum absolute atomic E-state index is 13.0. The predicted octanol–water partition coefficient (Wildman–Crippen LogP) is 4.92. The second-order valence-electron chi connectivity index (χ2n) is 8.98. The molecule has 1 heterocycles. The molecule has 0 saturated carbocycles. The lowest BCUT2D eigenvalue weighted by Gasteiger charge is -2.26. The van der Waals surface area contributed by atoms with E-state index in [1.54, 1.807) is 24.3 Å². The van der Waals surface area contributed by atoms with Gasteiger partial charge in [-0.3, -0.25) is 9.59 Å². The summed E-state index contributed by atoms with van der Waals surface area (Å²) in [5, 5.41) is 21.3. The lowest BCUT2D eigenvalue weighted by atomic mass is 9.84. The van der Waals surface area contributed by atoms with E-state index in [0.717, 1.165) is 5.56 Å². The number of ketones is 1.